The first kappa shape index (κ1) is 13.8. The molecule has 0 aromatic carbocycles. The van der Waals surface area contributed by atoms with E-state index in [-0.39, 0.29) is 11.3 Å². The van der Waals surface area contributed by atoms with Crippen LogP contribution in [0.4, 0.5) is 0 Å². The maximum atomic E-state index is 11.9. The van der Waals surface area contributed by atoms with Crippen molar-refractivity contribution in [3.8, 4) is 0 Å². The van der Waals surface area contributed by atoms with Crippen LogP contribution in [0.3, 0.4) is 0 Å². The smallest absolute Gasteiger partial charge is 0.220 e. The highest BCUT2D eigenvalue weighted by atomic mass is 16.5. The Labute approximate surface area is 110 Å². The largest absolute Gasteiger partial charge is 0.381 e. The summed E-state index contributed by atoms with van der Waals surface area (Å²) in [6.07, 6.45) is 5.18. The van der Waals surface area contributed by atoms with E-state index in [1.807, 2.05) is 0 Å². The quantitative estimate of drug-likeness (QED) is 0.795. The summed E-state index contributed by atoms with van der Waals surface area (Å²) in [4.78, 5) is 11.9. The van der Waals surface area contributed by atoms with Crippen LogP contribution in [0.5, 0.6) is 0 Å². The fourth-order valence-corrected chi connectivity index (χ4v) is 2.79. The molecule has 1 atom stereocenters. The van der Waals surface area contributed by atoms with E-state index in [9.17, 15) is 4.79 Å². The minimum Gasteiger partial charge on any atom is -0.381 e. The third-order valence-electron chi connectivity index (χ3n) is 4.29. The summed E-state index contributed by atoms with van der Waals surface area (Å²) in [7, 11) is 0. The number of hydrogen-bond acceptors (Lipinski definition) is 3. The van der Waals surface area contributed by atoms with Crippen molar-refractivity contribution < 1.29 is 9.53 Å². The van der Waals surface area contributed by atoms with Gasteiger partial charge in [0.15, 0.2) is 0 Å². The molecule has 0 radical (unpaired) electrons. The van der Waals surface area contributed by atoms with Crippen molar-refractivity contribution in [2.24, 2.45) is 11.3 Å². The van der Waals surface area contributed by atoms with E-state index in [0.29, 0.717) is 12.3 Å². The van der Waals surface area contributed by atoms with Gasteiger partial charge in [0.05, 0.1) is 0 Å². The Hall–Kier alpha value is -0.610. The first-order valence-electron chi connectivity index (χ1n) is 7.23. The van der Waals surface area contributed by atoms with Gasteiger partial charge in [-0.2, -0.15) is 0 Å². The number of piperidine rings is 1. The van der Waals surface area contributed by atoms with Crippen molar-refractivity contribution >= 4 is 5.91 Å². The van der Waals surface area contributed by atoms with E-state index in [4.69, 9.17) is 4.74 Å². The number of ether oxygens (including phenoxy) is 1. The van der Waals surface area contributed by atoms with Crippen molar-refractivity contribution in [2.75, 3.05) is 32.8 Å². The molecular weight excluding hydrogens is 228 g/mol. The van der Waals surface area contributed by atoms with Crippen LogP contribution in [0.15, 0.2) is 0 Å². The van der Waals surface area contributed by atoms with Gasteiger partial charge in [0.2, 0.25) is 5.91 Å². The van der Waals surface area contributed by atoms with E-state index < -0.39 is 0 Å². The summed E-state index contributed by atoms with van der Waals surface area (Å²) in [6, 6.07) is 0. The second-order valence-corrected chi connectivity index (χ2v) is 6.12. The van der Waals surface area contributed by atoms with Crippen LogP contribution in [0.25, 0.3) is 0 Å². The van der Waals surface area contributed by atoms with Crippen LogP contribution >= 0.6 is 0 Å². The average Bonchev–Trinajstić information content (AvgIpc) is 2.39. The molecule has 4 heteroatoms. The fourth-order valence-electron chi connectivity index (χ4n) is 2.79. The summed E-state index contributed by atoms with van der Waals surface area (Å²) < 4.78 is 5.37. The number of carbonyl (C=O) groups is 1. The Bertz CT molecular complexity index is 269. The van der Waals surface area contributed by atoms with Crippen LogP contribution in [0.1, 0.15) is 39.0 Å². The molecule has 2 saturated heterocycles. The molecule has 2 heterocycles. The van der Waals surface area contributed by atoms with Gasteiger partial charge in [-0.1, -0.05) is 6.92 Å². The highest BCUT2D eigenvalue weighted by Crippen LogP contribution is 2.28. The van der Waals surface area contributed by atoms with E-state index >= 15 is 0 Å². The molecule has 1 amide bonds. The molecule has 2 fully saturated rings. The third kappa shape index (κ3) is 4.25. The Morgan fingerprint density at radius 3 is 2.89 bits per heavy atom. The van der Waals surface area contributed by atoms with Crippen molar-refractivity contribution in [2.45, 2.75) is 39.0 Å². The summed E-state index contributed by atoms with van der Waals surface area (Å²) in [5.41, 5.74) is 0.235. The molecule has 2 aliphatic heterocycles. The molecular formula is C14H26N2O2. The summed E-state index contributed by atoms with van der Waals surface area (Å²) >= 11 is 0. The van der Waals surface area contributed by atoms with Gasteiger partial charge in [0.1, 0.15) is 0 Å². The Kier molecular flexibility index (Phi) is 5.01. The van der Waals surface area contributed by atoms with Crippen LogP contribution in [-0.2, 0) is 9.53 Å². The van der Waals surface area contributed by atoms with Crippen molar-refractivity contribution in [3.05, 3.63) is 0 Å². The van der Waals surface area contributed by atoms with Crippen LogP contribution in [-0.4, -0.2) is 38.8 Å². The molecule has 2 N–H and O–H groups in total. The van der Waals surface area contributed by atoms with Gasteiger partial charge in [-0.3, -0.25) is 4.79 Å². The molecule has 0 bridgehead atoms. The first-order chi connectivity index (χ1) is 8.68. The monoisotopic (exact) mass is 254 g/mol. The van der Waals surface area contributed by atoms with Gasteiger partial charge in [-0.05, 0) is 50.1 Å². The summed E-state index contributed by atoms with van der Waals surface area (Å²) in [6.45, 7) is 6.82. The molecule has 0 aromatic rings. The normalized spacial score (nSPS) is 27.7. The maximum Gasteiger partial charge on any atom is 0.220 e. The van der Waals surface area contributed by atoms with E-state index in [0.717, 1.165) is 45.7 Å². The number of amides is 1. The van der Waals surface area contributed by atoms with Gasteiger partial charge >= 0.3 is 0 Å². The Balaban J connectivity index is 1.67. The number of rotatable bonds is 4. The molecule has 2 aliphatic rings. The lowest BCUT2D eigenvalue weighted by atomic mass is 9.82. The van der Waals surface area contributed by atoms with Gasteiger partial charge in [0, 0.05) is 26.2 Å². The SMILES string of the molecule is CC1(CNC(=O)CC2CCCNC2)CCOCC1. The topological polar surface area (TPSA) is 50.4 Å². The second-order valence-electron chi connectivity index (χ2n) is 6.12. The zero-order valence-electron chi connectivity index (χ0n) is 11.5. The molecule has 0 aromatic heterocycles. The molecule has 0 aliphatic carbocycles. The van der Waals surface area contributed by atoms with E-state index in [1.54, 1.807) is 0 Å². The third-order valence-corrected chi connectivity index (χ3v) is 4.29. The second kappa shape index (κ2) is 6.53. The Morgan fingerprint density at radius 1 is 1.44 bits per heavy atom. The van der Waals surface area contributed by atoms with Crippen LogP contribution in [0, 0.1) is 11.3 Å². The molecule has 1 unspecified atom stereocenters. The minimum atomic E-state index is 0.219. The van der Waals surface area contributed by atoms with Crippen LogP contribution < -0.4 is 10.6 Å². The number of nitrogens with one attached hydrogen (secondary N) is 2. The number of hydrogen-bond donors (Lipinski definition) is 2. The lowest BCUT2D eigenvalue weighted by Gasteiger charge is -2.33. The lowest BCUT2D eigenvalue weighted by molar-refractivity contribution is -0.123. The predicted octanol–water partition coefficient (Wildman–Crippen LogP) is 1.31. The van der Waals surface area contributed by atoms with Crippen molar-refractivity contribution in [1.82, 2.24) is 10.6 Å². The molecule has 18 heavy (non-hydrogen) atoms. The predicted molar refractivity (Wildman–Crippen MR) is 71.4 cm³/mol. The molecule has 4 nitrogen and oxygen atoms in total. The van der Waals surface area contributed by atoms with Gasteiger partial charge in [-0.25, -0.2) is 0 Å². The van der Waals surface area contributed by atoms with Gasteiger partial charge in [-0.15, -0.1) is 0 Å². The van der Waals surface area contributed by atoms with Crippen molar-refractivity contribution in [1.29, 1.82) is 0 Å². The average molecular weight is 254 g/mol. The molecule has 104 valence electrons. The summed E-state index contributed by atoms with van der Waals surface area (Å²) in [5.74, 6) is 0.748. The molecule has 0 saturated carbocycles. The minimum absolute atomic E-state index is 0.219. The first-order valence-corrected chi connectivity index (χ1v) is 7.23. The van der Waals surface area contributed by atoms with Gasteiger partial charge in [0.25, 0.3) is 0 Å². The molecule has 2 rings (SSSR count). The van der Waals surface area contributed by atoms with Crippen LogP contribution in [0.2, 0.25) is 0 Å². The Morgan fingerprint density at radius 2 is 2.22 bits per heavy atom. The zero-order chi connectivity index (χ0) is 12.8. The lowest BCUT2D eigenvalue weighted by Crippen LogP contribution is -2.41. The molecule has 0 spiro atoms. The van der Waals surface area contributed by atoms with E-state index in [1.165, 1.54) is 12.8 Å². The number of carbonyl (C=O) groups excluding carboxylic acids is 1. The highest BCUT2D eigenvalue weighted by Gasteiger charge is 2.28. The maximum absolute atomic E-state index is 11.9. The van der Waals surface area contributed by atoms with Crippen molar-refractivity contribution in [3.63, 3.8) is 0 Å². The highest BCUT2D eigenvalue weighted by molar-refractivity contribution is 5.76. The van der Waals surface area contributed by atoms with Gasteiger partial charge < -0.3 is 15.4 Å². The fraction of sp³-hybridized carbons (Fsp3) is 0.929. The van der Waals surface area contributed by atoms with E-state index in [2.05, 4.69) is 17.6 Å². The zero-order valence-corrected chi connectivity index (χ0v) is 11.5. The standard InChI is InChI=1S/C14H26N2O2/c1-14(4-7-18-8-5-14)11-16-13(17)9-12-3-2-6-15-10-12/h12,15H,2-11H2,1H3,(H,16,17). The summed E-state index contributed by atoms with van der Waals surface area (Å²) in [5, 5.41) is 6.47.